The van der Waals surface area contributed by atoms with Crippen LogP contribution in [0.3, 0.4) is 0 Å². The van der Waals surface area contributed by atoms with E-state index in [2.05, 4.69) is 43.7 Å². The molecule has 4 nitrogen and oxygen atoms in total. The van der Waals surface area contributed by atoms with Crippen molar-refractivity contribution in [2.75, 3.05) is 18.4 Å². The highest BCUT2D eigenvalue weighted by Crippen LogP contribution is 2.23. The number of anilines is 1. The number of hydrogen-bond donors (Lipinski definition) is 2. The van der Waals surface area contributed by atoms with Crippen LogP contribution in [-0.4, -0.2) is 24.0 Å². The fourth-order valence-electron chi connectivity index (χ4n) is 2.38. The van der Waals surface area contributed by atoms with E-state index in [-0.39, 0.29) is 11.8 Å². The molecule has 21 heavy (non-hydrogen) atoms. The summed E-state index contributed by atoms with van der Waals surface area (Å²) in [5.41, 5.74) is 1.23. The van der Waals surface area contributed by atoms with Crippen molar-refractivity contribution < 1.29 is 4.79 Å². The van der Waals surface area contributed by atoms with Crippen molar-refractivity contribution in [3.05, 3.63) is 45.4 Å². The topological polar surface area (TPSA) is 54.0 Å². The van der Waals surface area contributed by atoms with Crippen LogP contribution in [-0.2, 0) is 11.2 Å². The molecule has 1 aromatic carbocycles. The minimum atomic E-state index is 0.0717. The number of halogens is 1. The first kappa shape index (κ1) is 14.7. The predicted molar refractivity (Wildman–Crippen MR) is 88.7 cm³/mol. The highest BCUT2D eigenvalue weighted by Gasteiger charge is 2.23. The molecule has 0 radical (unpaired) electrons. The van der Waals surface area contributed by atoms with Crippen LogP contribution in [0.2, 0.25) is 0 Å². The minimum absolute atomic E-state index is 0.0717. The van der Waals surface area contributed by atoms with Crippen molar-refractivity contribution in [3.63, 3.8) is 0 Å². The molecule has 0 aliphatic carbocycles. The largest absolute Gasteiger partial charge is 0.316 e. The second kappa shape index (κ2) is 6.68. The number of carbonyl (C=O) groups excluding carboxylic acids is 1. The summed E-state index contributed by atoms with van der Waals surface area (Å²) in [7, 11) is 0. The Morgan fingerprint density at radius 3 is 3.19 bits per heavy atom. The van der Waals surface area contributed by atoms with Crippen molar-refractivity contribution >= 4 is 38.3 Å². The lowest BCUT2D eigenvalue weighted by molar-refractivity contribution is -0.119. The Bertz CT molecular complexity index is 637. The predicted octanol–water partition coefficient (Wildman–Crippen LogP) is 3.04. The molecular formula is C15H16BrN3OS. The van der Waals surface area contributed by atoms with E-state index in [9.17, 15) is 4.79 Å². The third-order valence-corrected chi connectivity index (χ3v) is 4.89. The average molecular weight is 366 g/mol. The summed E-state index contributed by atoms with van der Waals surface area (Å²) in [6.07, 6.45) is 3.58. The molecular weight excluding hydrogens is 350 g/mol. The molecule has 1 atom stereocenters. The van der Waals surface area contributed by atoms with E-state index in [1.54, 1.807) is 11.3 Å². The number of rotatable bonds is 4. The van der Waals surface area contributed by atoms with E-state index < -0.39 is 0 Å². The zero-order valence-electron chi connectivity index (χ0n) is 11.4. The van der Waals surface area contributed by atoms with Gasteiger partial charge in [0.1, 0.15) is 0 Å². The Labute approximate surface area is 136 Å². The molecule has 1 amide bonds. The normalized spacial score (nSPS) is 17.9. The van der Waals surface area contributed by atoms with Crippen molar-refractivity contribution in [1.82, 2.24) is 10.3 Å². The quantitative estimate of drug-likeness (QED) is 0.875. The SMILES string of the molecule is O=C(Nc1ncc(Cc2cccc(Br)c2)s1)C1CCNC1. The number of amides is 1. The van der Waals surface area contributed by atoms with Gasteiger partial charge in [-0.1, -0.05) is 28.1 Å². The number of thiazole rings is 1. The maximum absolute atomic E-state index is 12.0. The van der Waals surface area contributed by atoms with Crippen molar-refractivity contribution in [1.29, 1.82) is 0 Å². The van der Waals surface area contributed by atoms with E-state index in [4.69, 9.17) is 0 Å². The number of benzene rings is 1. The van der Waals surface area contributed by atoms with E-state index in [0.29, 0.717) is 5.13 Å². The highest BCUT2D eigenvalue weighted by atomic mass is 79.9. The lowest BCUT2D eigenvalue weighted by Gasteiger charge is -2.06. The van der Waals surface area contributed by atoms with Gasteiger partial charge in [-0.05, 0) is 30.7 Å². The second-order valence-electron chi connectivity index (χ2n) is 5.12. The fourth-order valence-corrected chi connectivity index (χ4v) is 3.68. The average Bonchev–Trinajstić information content (AvgIpc) is 3.10. The molecule has 1 aliphatic rings. The summed E-state index contributed by atoms with van der Waals surface area (Å²) in [6, 6.07) is 8.22. The van der Waals surface area contributed by atoms with Gasteiger partial charge in [-0.3, -0.25) is 4.79 Å². The smallest absolute Gasteiger partial charge is 0.230 e. The van der Waals surface area contributed by atoms with E-state index in [1.165, 1.54) is 5.56 Å². The van der Waals surface area contributed by atoms with Gasteiger partial charge >= 0.3 is 0 Å². The van der Waals surface area contributed by atoms with E-state index in [0.717, 1.165) is 35.3 Å². The number of hydrogen-bond acceptors (Lipinski definition) is 4. The summed E-state index contributed by atoms with van der Waals surface area (Å²) in [4.78, 5) is 17.5. The summed E-state index contributed by atoms with van der Waals surface area (Å²) in [5, 5.41) is 6.81. The number of carbonyl (C=O) groups is 1. The maximum Gasteiger partial charge on any atom is 0.230 e. The summed E-state index contributed by atoms with van der Waals surface area (Å²) in [6.45, 7) is 1.69. The van der Waals surface area contributed by atoms with E-state index in [1.807, 2.05) is 18.3 Å². The molecule has 0 spiro atoms. The maximum atomic E-state index is 12.0. The van der Waals surface area contributed by atoms with Gasteiger partial charge < -0.3 is 10.6 Å². The minimum Gasteiger partial charge on any atom is -0.316 e. The van der Waals surface area contributed by atoms with Gasteiger partial charge in [0.2, 0.25) is 5.91 Å². The first-order valence-corrected chi connectivity index (χ1v) is 8.52. The first-order chi connectivity index (χ1) is 10.2. The third-order valence-electron chi connectivity index (χ3n) is 3.48. The van der Waals surface area contributed by atoms with Gasteiger partial charge in [-0.15, -0.1) is 11.3 Å². The van der Waals surface area contributed by atoms with Crippen LogP contribution in [0.25, 0.3) is 0 Å². The van der Waals surface area contributed by atoms with Crippen LogP contribution >= 0.6 is 27.3 Å². The summed E-state index contributed by atoms with van der Waals surface area (Å²) >= 11 is 5.02. The Morgan fingerprint density at radius 1 is 1.52 bits per heavy atom. The van der Waals surface area contributed by atoms with Crippen molar-refractivity contribution in [3.8, 4) is 0 Å². The second-order valence-corrected chi connectivity index (χ2v) is 7.15. The lowest BCUT2D eigenvalue weighted by Crippen LogP contribution is -2.24. The molecule has 1 saturated heterocycles. The van der Waals surface area contributed by atoms with Crippen LogP contribution in [0.4, 0.5) is 5.13 Å². The van der Waals surface area contributed by atoms with Crippen molar-refractivity contribution in [2.45, 2.75) is 12.8 Å². The molecule has 1 fully saturated rings. The molecule has 2 aromatic rings. The highest BCUT2D eigenvalue weighted by molar-refractivity contribution is 9.10. The molecule has 0 bridgehead atoms. The Kier molecular flexibility index (Phi) is 4.67. The molecule has 0 saturated carbocycles. The van der Waals surface area contributed by atoms with Gasteiger partial charge in [-0.25, -0.2) is 4.98 Å². The molecule has 6 heteroatoms. The molecule has 2 N–H and O–H groups in total. The standard InChI is InChI=1S/C15H16BrN3OS/c16-12-3-1-2-10(6-12)7-13-9-18-15(21-13)19-14(20)11-4-5-17-8-11/h1-3,6,9,11,17H,4-5,7-8H2,(H,18,19,20). The van der Waals surface area contributed by atoms with Crippen LogP contribution in [0.5, 0.6) is 0 Å². The van der Waals surface area contributed by atoms with Gasteiger partial charge in [0.05, 0.1) is 5.92 Å². The Hall–Kier alpha value is -1.24. The zero-order chi connectivity index (χ0) is 14.7. The molecule has 1 unspecified atom stereocenters. The van der Waals surface area contributed by atoms with Gasteiger partial charge in [-0.2, -0.15) is 0 Å². The monoisotopic (exact) mass is 365 g/mol. The lowest BCUT2D eigenvalue weighted by atomic mass is 10.1. The van der Waals surface area contributed by atoms with Crippen LogP contribution in [0.15, 0.2) is 34.9 Å². The molecule has 3 rings (SSSR count). The van der Waals surface area contributed by atoms with Gasteiger partial charge in [0.15, 0.2) is 5.13 Å². The Balaban J connectivity index is 1.62. The summed E-state index contributed by atoms with van der Waals surface area (Å²) < 4.78 is 1.08. The summed E-state index contributed by atoms with van der Waals surface area (Å²) in [5.74, 6) is 0.144. The molecule has 110 valence electrons. The zero-order valence-corrected chi connectivity index (χ0v) is 13.8. The molecule has 1 aromatic heterocycles. The van der Waals surface area contributed by atoms with Crippen LogP contribution in [0.1, 0.15) is 16.9 Å². The fraction of sp³-hybridized carbons (Fsp3) is 0.333. The van der Waals surface area contributed by atoms with Gasteiger partial charge in [0.25, 0.3) is 0 Å². The molecule has 1 aliphatic heterocycles. The van der Waals surface area contributed by atoms with Crippen LogP contribution in [0, 0.1) is 5.92 Å². The Morgan fingerprint density at radius 2 is 2.43 bits per heavy atom. The first-order valence-electron chi connectivity index (χ1n) is 6.91. The number of aromatic nitrogens is 1. The number of nitrogens with one attached hydrogen (secondary N) is 2. The van der Waals surface area contributed by atoms with Crippen LogP contribution < -0.4 is 10.6 Å². The third kappa shape index (κ3) is 3.90. The van der Waals surface area contributed by atoms with Crippen molar-refractivity contribution in [2.24, 2.45) is 5.92 Å². The molecule has 2 heterocycles. The van der Waals surface area contributed by atoms with E-state index >= 15 is 0 Å². The van der Waals surface area contributed by atoms with Gasteiger partial charge in [0, 0.05) is 28.5 Å². The number of nitrogens with zero attached hydrogens (tertiary/aromatic N) is 1.